The Hall–Kier alpha value is 0.868. The van der Waals surface area contributed by atoms with Gasteiger partial charge in [-0.1, -0.05) is 0 Å². The zero-order valence-corrected chi connectivity index (χ0v) is 15.2. The summed E-state index contributed by atoms with van der Waals surface area (Å²) in [7, 11) is 0. The zero-order chi connectivity index (χ0) is 8.65. The summed E-state index contributed by atoms with van der Waals surface area (Å²) in [6.45, 7) is 2.22. The number of rotatable bonds is 5. The molecule has 0 radical (unpaired) electrons. The molecular weight excluding hydrogens is 462 g/mol. The van der Waals surface area contributed by atoms with Crippen molar-refractivity contribution >= 4 is 49.6 Å². The Bertz CT molecular complexity index is 211. The van der Waals surface area contributed by atoms with Crippen LogP contribution in [0, 0.1) is 0 Å². The van der Waals surface area contributed by atoms with E-state index in [1.165, 1.54) is 17.7 Å². The Morgan fingerprint density at radius 1 is 1.00 bits per heavy atom. The third-order valence-electron chi connectivity index (χ3n) is 1.48. The third-order valence-corrected chi connectivity index (χ3v) is 4.23. The van der Waals surface area contributed by atoms with Crippen molar-refractivity contribution in [3.8, 4) is 5.75 Å². The van der Waals surface area contributed by atoms with E-state index < -0.39 is 18.9 Å². The molecule has 0 unspecified atom stereocenters. The Labute approximate surface area is 132 Å². The molecule has 1 rings (SSSR count). The zero-order valence-electron chi connectivity index (χ0n) is 8.96. The van der Waals surface area contributed by atoms with Crippen LogP contribution in [0.5, 0.6) is 5.75 Å². The van der Waals surface area contributed by atoms with Crippen LogP contribution in [0.2, 0.25) is 4.81 Å². The molecule has 0 bridgehead atoms. The van der Waals surface area contributed by atoms with Gasteiger partial charge in [0.25, 0.3) is 0 Å². The van der Waals surface area contributed by atoms with Crippen molar-refractivity contribution in [2.24, 2.45) is 0 Å². The molecule has 98 valence electrons. The second kappa shape index (κ2) is 18.2. The van der Waals surface area contributed by atoms with E-state index in [-0.39, 0.29) is 49.6 Å². The van der Waals surface area contributed by atoms with Gasteiger partial charge < -0.3 is 0 Å². The first-order valence-electron chi connectivity index (χ1n) is 4.28. The normalized spacial score (nSPS) is 7.31. The van der Waals surface area contributed by atoms with Crippen molar-refractivity contribution < 1.29 is 22.3 Å². The summed E-state index contributed by atoms with van der Waals surface area (Å²) in [6, 6.07) is 10.1. The fourth-order valence-corrected chi connectivity index (χ4v) is 3.44. The van der Waals surface area contributed by atoms with E-state index in [0.717, 1.165) is 5.75 Å². The van der Waals surface area contributed by atoms with Crippen molar-refractivity contribution in [3.05, 3.63) is 30.3 Å². The summed E-state index contributed by atoms with van der Waals surface area (Å²) >= 11 is -0.527. The minimum Gasteiger partial charge on any atom is -0.147 e. The molecule has 0 amide bonds. The van der Waals surface area contributed by atoms with Crippen molar-refractivity contribution in [2.45, 2.75) is 24.6 Å². The average molecular weight is 480 g/mol. The van der Waals surface area contributed by atoms with Crippen molar-refractivity contribution in [1.82, 2.24) is 0 Å². The maximum Gasteiger partial charge on any atom is -0.147 e. The van der Waals surface area contributed by atoms with Crippen LogP contribution >= 0.6 is 49.6 Å². The summed E-state index contributed by atoms with van der Waals surface area (Å²) in [5, 5.41) is 0. The minimum atomic E-state index is -0.527. The second-order valence-corrected chi connectivity index (χ2v) is 5.48. The smallest absolute Gasteiger partial charge is 0.147 e. The van der Waals surface area contributed by atoms with Crippen LogP contribution in [-0.4, -0.2) is 0 Å². The molecule has 0 fully saturated rings. The van der Waals surface area contributed by atoms with Crippen LogP contribution in [0.3, 0.4) is 0 Å². The number of halogens is 4. The minimum absolute atomic E-state index is 0. The van der Waals surface area contributed by atoms with Gasteiger partial charge in [-0.3, -0.25) is 0 Å². The summed E-state index contributed by atoms with van der Waals surface area (Å²) in [4.78, 5) is 1.32. The molecule has 6 heteroatoms. The second-order valence-electron chi connectivity index (χ2n) is 2.57. The summed E-state index contributed by atoms with van der Waals surface area (Å²) in [5.41, 5.74) is 0. The molecule has 0 aliphatic carbocycles. The van der Waals surface area contributed by atoms with Gasteiger partial charge in [-0.05, 0) is 0 Å². The molecule has 0 saturated heterocycles. The van der Waals surface area contributed by atoms with Gasteiger partial charge in [0.15, 0.2) is 0 Å². The molecule has 0 aliphatic rings. The van der Waals surface area contributed by atoms with E-state index in [4.69, 9.17) is 3.39 Å². The Morgan fingerprint density at radius 2 is 1.56 bits per heavy atom. The van der Waals surface area contributed by atoms with Gasteiger partial charge >= 0.3 is 83.0 Å². The van der Waals surface area contributed by atoms with Crippen LogP contribution in [0.25, 0.3) is 0 Å². The van der Waals surface area contributed by atoms with Crippen LogP contribution in [-0.2, 0) is 18.9 Å². The molecule has 1 nitrogen and oxygen atoms in total. The van der Waals surface area contributed by atoms with Crippen molar-refractivity contribution in [2.75, 3.05) is 0 Å². The fourth-order valence-electron chi connectivity index (χ4n) is 0.789. The Balaban J connectivity index is -0.000000180. The van der Waals surface area contributed by atoms with Crippen LogP contribution in [0.4, 0.5) is 0 Å². The summed E-state index contributed by atoms with van der Waals surface area (Å²) in [5.74, 6) is 1.05. The molecule has 0 spiro atoms. The molecule has 0 saturated carbocycles. The first kappa shape index (κ1) is 25.7. The van der Waals surface area contributed by atoms with Gasteiger partial charge in [0.05, 0.1) is 0 Å². The van der Waals surface area contributed by atoms with Gasteiger partial charge in [0.2, 0.25) is 0 Å². The average Bonchev–Trinajstić information content (AvgIpc) is 2.14. The molecule has 16 heavy (non-hydrogen) atoms. The molecular formula is C10H18Cl4OW. The van der Waals surface area contributed by atoms with Gasteiger partial charge in [-0.2, -0.15) is 0 Å². The van der Waals surface area contributed by atoms with Crippen molar-refractivity contribution in [1.29, 1.82) is 0 Å². The van der Waals surface area contributed by atoms with Gasteiger partial charge in [-0.15, -0.1) is 49.6 Å². The maximum absolute atomic E-state index is 5.67. The van der Waals surface area contributed by atoms with Gasteiger partial charge in [0, 0.05) is 0 Å². The van der Waals surface area contributed by atoms with E-state index in [1.807, 2.05) is 30.3 Å². The fraction of sp³-hybridized carbons (Fsp3) is 0.400. The predicted octanol–water partition coefficient (Wildman–Crippen LogP) is 4.97. The number of hydrogen-bond donors (Lipinski definition) is 0. The molecule has 0 atom stereocenters. The molecule has 0 aliphatic heterocycles. The SMILES string of the molecule is CCC[CH2][W][O]c1ccccc1.Cl.Cl.Cl.Cl. The van der Waals surface area contributed by atoms with Crippen LogP contribution < -0.4 is 3.39 Å². The standard InChI is InChI=1S/C6H6O.C4H9.4ClH.W/c7-6-4-2-1-3-5-6;1-3-4-2;;;;;/h1-5,7H;1,3-4H2,2H3;4*1H;/q;;;;;;+1/p-1. The molecule has 1 aromatic carbocycles. The van der Waals surface area contributed by atoms with E-state index in [2.05, 4.69) is 6.92 Å². The monoisotopic (exact) mass is 478 g/mol. The Morgan fingerprint density at radius 3 is 2.06 bits per heavy atom. The molecule has 0 heterocycles. The number of unbranched alkanes of at least 4 members (excludes halogenated alkanes) is 1. The summed E-state index contributed by atoms with van der Waals surface area (Å²) < 4.78 is 5.67. The maximum atomic E-state index is 5.67. The van der Waals surface area contributed by atoms with E-state index in [0.29, 0.717) is 0 Å². The predicted molar refractivity (Wildman–Crippen MR) is 75.8 cm³/mol. The van der Waals surface area contributed by atoms with E-state index in [9.17, 15) is 0 Å². The first-order chi connectivity index (χ1) is 5.93. The largest absolute Gasteiger partial charge is 0.147 e. The van der Waals surface area contributed by atoms with E-state index >= 15 is 0 Å². The molecule has 0 aromatic heterocycles. The van der Waals surface area contributed by atoms with Gasteiger partial charge in [-0.25, -0.2) is 0 Å². The van der Waals surface area contributed by atoms with Gasteiger partial charge in [0.1, 0.15) is 0 Å². The molecule has 1 aromatic rings. The first-order valence-corrected chi connectivity index (χ1v) is 7.55. The number of para-hydroxylation sites is 1. The van der Waals surface area contributed by atoms with Crippen LogP contribution in [0.15, 0.2) is 30.3 Å². The summed E-state index contributed by atoms with van der Waals surface area (Å²) in [6.07, 6.45) is 2.62. The topological polar surface area (TPSA) is 9.23 Å². The Kier molecular flexibility index (Phi) is 29.2. The molecule has 0 N–H and O–H groups in total. The van der Waals surface area contributed by atoms with Crippen LogP contribution in [0.1, 0.15) is 19.8 Å². The number of benzene rings is 1. The quantitative estimate of drug-likeness (QED) is 0.542. The number of hydrogen-bond acceptors (Lipinski definition) is 1. The van der Waals surface area contributed by atoms with Crippen molar-refractivity contribution in [3.63, 3.8) is 0 Å². The third kappa shape index (κ3) is 12.9. The van der Waals surface area contributed by atoms with E-state index in [1.54, 1.807) is 0 Å².